The molecule has 0 N–H and O–H groups in total. The van der Waals surface area contributed by atoms with Gasteiger partial charge in [-0.25, -0.2) is 0 Å². The van der Waals surface area contributed by atoms with E-state index in [0.717, 1.165) is 49.7 Å². The number of hydrogen-bond acceptors (Lipinski definition) is 3. The van der Waals surface area contributed by atoms with Crippen LogP contribution in [0, 0.1) is 0 Å². The van der Waals surface area contributed by atoms with Gasteiger partial charge in [-0.1, -0.05) is 25.0 Å². The number of aromatic nitrogens is 2. The summed E-state index contributed by atoms with van der Waals surface area (Å²) in [7, 11) is 0. The first-order chi connectivity index (χ1) is 10.8. The minimum atomic E-state index is -0.315. The van der Waals surface area contributed by atoms with Gasteiger partial charge < -0.3 is 0 Å². The van der Waals surface area contributed by atoms with E-state index in [0.29, 0.717) is 5.78 Å². The van der Waals surface area contributed by atoms with Gasteiger partial charge in [0.2, 0.25) is 0 Å². The summed E-state index contributed by atoms with van der Waals surface area (Å²) in [6.45, 7) is 0. The molecule has 2 aliphatic rings. The number of hydrogen-bond donors (Lipinski definition) is 0. The van der Waals surface area contributed by atoms with Crippen LogP contribution in [0.5, 0.6) is 0 Å². The Balaban J connectivity index is 1.76. The summed E-state index contributed by atoms with van der Waals surface area (Å²) in [4.78, 5) is 22.1. The lowest BCUT2D eigenvalue weighted by Gasteiger charge is -2.51. The quantitative estimate of drug-likeness (QED) is 0.865. The molecule has 0 bridgehead atoms. The molecule has 2 saturated carbocycles. The van der Waals surface area contributed by atoms with Gasteiger partial charge in [0.05, 0.1) is 10.8 Å². The lowest BCUT2D eigenvalue weighted by atomic mass is 9.50. The molecule has 0 radical (unpaired) electrons. The molecule has 22 heavy (non-hydrogen) atoms. The third-order valence-corrected chi connectivity index (χ3v) is 5.71. The van der Waals surface area contributed by atoms with E-state index < -0.39 is 0 Å². The average molecular weight is 292 g/mol. The number of nitrogens with zero attached hydrogens (tertiary/aromatic N) is 2. The van der Waals surface area contributed by atoms with Crippen LogP contribution < -0.4 is 0 Å². The summed E-state index contributed by atoms with van der Waals surface area (Å²) in [5.41, 5.74) is 1.57. The van der Waals surface area contributed by atoms with Crippen molar-refractivity contribution in [2.75, 3.05) is 0 Å². The van der Waals surface area contributed by atoms with E-state index in [1.165, 1.54) is 0 Å². The third-order valence-electron chi connectivity index (χ3n) is 5.71. The van der Waals surface area contributed by atoms with Crippen LogP contribution in [0.3, 0.4) is 0 Å². The first kappa shape index (κ1) is 13.6. The van der Waals surface area contributed by atoms with Gasteiger partial charge >= 0.3 is 0 Å². The third kappa shape index (κ3) is 1.78. The van der Waals surface area contributed by atoms with Crippen LogP contribution in [0.4, 0.5) is 0 Å². The summed E-state index contributed by atoms with van der Waals surface area (Å²) in [6, 6.07) is 8.03. The highest BCUT2D eigenvalue weighted by Gasteiger charge is 2.57. The van der Waals surface area contributed by atoms with E-state index in [1.807, 2.05) is 24.5 Å². The largest absolute Gasteiger partial charge is 0.298 e. The fourth-order valence-corrected chi connectivity index (χ4v) is 4.10. The maximum Gasteiger partial charge on any atom is 0.153 e. The van der Waals surface area contributed by atoms with Gasteiger partial charge in [0.1, 0.15) is 0 Å². The summed E-state index contributed by atoms with van der Waals surface area (Å²) in [5, 5.41) is 0. The molecular weight excluding hydrogens is 272 g/mol. The molecule has 4 rings (SSSR count). The van der Waals surface area contributed by atoms with Crippen molar-refractivity contribution in [1.29, 1.82) is 0 Å². The van der Waals surface area contributed by atoms with Crippen molar-refractivity contribution in [1.82, 2.24) is 9.97 Å². The molecule has 0 spiro atoms. The van der Waals surface area contributed by atoms with E-state index in [4.69, 9.17) is 0 Å². The van der Waals surface area contributed by atoms with E-state index in [-0.39, 0.29) is 10.8 Å². The van der Waals surface area contributed by atoms with Crippen LogP contribution >= 0.6 is 0 Å². The molecule has 0 saturated heterocycles. The predicted molar refractivity (Wildman–Crippen MR) is 84.5 cm³/mol. The zero-order chi connectivity index (χ0) is 15.0. The Hall–Kier alpha value is -2.03. The van der Waals surface area contributed by atoms with Crippen LogP contribution in [-0.4, -0.2) is 15.8 Å². The van der Waals surface area contributed by atoms with E-state index in [1.54, 1.807) is 12.4 Å². The molecule has 0 unspecified atom stereocenters. The minimum absolute atomic E-state index is 0.315. The molecule has 2 aliphatic carbocycles. The van der Waals surface area contributed by atoms with Crippen molar-refractivity contribution in [3.05, 3.63) is 60.2 Å². The fraction of sp³-hybridized carbons (Fsp3) is 0.421. The van der Waals surface area contributed by atoms with Crippen LogP contribution in [-0.2, 0) is 15.6 Å². The van der Waals surface area contributed by atoms with Crippen molar-refractivity contribution in [3.8, 4) is 0 Å². The lowest BCUT2D eigenvalue weighted by Crippen LogP contribution is -2.55. The first-order valence-corrected chi connectivity index (χ1v) is 8.14. The molecule has 0 aromatic carbocycles. The maximum absolute atomic E-state index is 13.6. The number of Topliss-reactive ketones (excluding diaryl/α,β-unsaturated/α-hetero) is 1. The van der Waals surface area contributed by atoms with Gasteiger partial charge in [0, 0.05) is 24.8 Å². The Kier molecular flexibility index (Phi) is 3.10. The second-order valence-electron chi connectivity index (χ2n) is 6.68. The molecule has 0 amide bonds. The maximum atomic E-state index is 13.6. The normalized spacial score (nSPS) is 21.5. The van der Waals surface area contributed by atoms with Gasteiger partial charge in [-0.3, -0.25) is 14.8 Å². The molecule has 2 aromatic rings. The van der Waals surface area contributed by atoms with Crippen molar-refractivity contribution < 1.29 is 4.79 Å². The second-order valence-corrected chi connectivity index (χ2v) is 6.68. The standard InChI is InChI=1S/C19H20N2O/c22-17(18(7-3-8-18)15-5-1-11-20-13-15)19(9-4-10-19)16-6-2-12-21-14-16/h1-2,5-6,11-14H,3-4,7-10H2. The highest BCUT2D eigenvalue weighted by atomic mass is 16.1. The Morgan fingerprint density at radius 1 is 0.818 bits per heavy atom. The summed E-state index contributed by atoms with van der Waals surface area (Å²) < 4.78 is 0. The van der Waals surface area contributed by atoms with E-state index in [9.17, 15) is 4.79 Å². The van der Waals surface area contributed by atoms with Crippen LogP contribution in [0.1, 0.15) is 49.7 Å². The van der Waals surface area contributed by atoms with Gasteiger partial charge in [-0.15, -0.1) is 0 Å². The number of carbonyl (C=O) groups is 1. The molecule has 2 heterocycles. The average Bonchev–Trinajstić information content (AvgIpc) is 2.47. The Morgan fingerprint density at radius 3 is 1.55 bits per heavy atom. The van der Waals surface area contributed by atoms with Crippen LogP contribution in [0.2, 0.25) is 0 Å². The lowest BCUT2D eigenvalue weighted by molar-refractivity contribution is -0.137. The first-order valence-electron chi connectivity index (χ1n) is 8.14. The van der Waals surface area contributed by atoms with Crippen LogP contribution in [0.25, 0.3) is 0 Å². The van der Waals surface area contributed by atoms with E-state index >= 15 is 0 Å². The molecular formula is C19H20N2O. The van der Waals surface area contributed by atoms with Gasteiger partial charge in [-0.05, 0) is 48.9 Å². The molecule has 3 heteroatoms. The Labute approximate surface area is 130 Å². The molecule has 2 fully saturated rings. The zero-order valence-corrected chi connectivity index (χ0v) is 12.7. The topological polar surface area (TPSA) is 42.9 Å². The fourth-order valence-electron chi connectivity index (χ4n) is 4.10. The zero-order valence-electron chi connectivity index (χ0n) is 12.7. The number of rotatable bonds is 4. The highest BCUT2D eigenvalue weighted by Crippen LogP contribution is 2.54. The smallest absolute Gasteiger partial charge is 0.153 e. The van der Waals surface area contributed by atoms with Crippen molar-refractivity contribution in [3.63, 3.8) is 0 Å². The van der Waals surface area contributed by atoms with Crippen molar-refractivity contribution in [2.24, 2.45) is 0 Å². The van der Waals surface area contributed by atoms with E-state index in [2.05, 4.69) is 22.1 Å². The molecule has 2 aromatic heterocycles. The Bertz CT molecular complexity index is 614. The second kappa shape index (κ2) is 5.01. The Morgan fingerprint density at radius 2 is 1.27 bits per heavy atom. The van der Waals surface area contributed by atoms with Gasteiger partial charge in [0.25, 0.3) is 0 Å². The van der Waals surface area contributed by atoms with Crippen molar-refractivity contribution >= 4 is 5.78 Å². The van der Waals surface area contributed by atoms with Crippen molar-refractivity contribution in [2.45, 2.75) is 49.4 Å². The molecule has 0 atom stereocenters. The SMILES string of the molecule is O=C(C1(c2cccnc2)CCC1)C1(c2cccnc2)CCC1. The summed E-state index contributed by atoms with van der Waals surface area (Å²) in [6.07, 6.45) is 13.4. The molecule has 112 valence electrons. The number of pyridine rings is 2. The van der Waals surface area contributed by atoms with Crippen LogP contribution in [0.15, 0.2) is 49.1 Å². The monoisotopic (exact) mass is 292 g/mol. The van der Waals surface area contributed by atoms with Gasteiger partial charge in [0.15, 0.2) is 5.78 Å². The summed E-state index contributed by atoms with van der Waals surface area (Å²) >= 11 is 0. The predicted octanol–water partition coefficient (Wildman–Crippen LogP) is 3.59. The molecule has 3 nitrogen and oxygen atoms in total. The minimum Gasteiger partial charge on any atom is -0.298 e. The number of ketones is 1. The van der Waals surface area contributed by atoms with Gasteiger partial charge in [-0.2, -0.15) is 0 Å². The molecule has 0 aliphatic heterocycles. The number of carbonyl (C=O) groups excluding carboxylic acids is 1. The highest BCUT2D eigenvalue weighted by molar-refractivity contribution is 6.00. The summed E-state index contributed by atoms with van der Waals surface area (Å²) in [5.74, 6) is 0.401.